The maximum Gasteiger partial charge on any atom is 0.118 e. The van der Waals surface area contributed by atoms with E-state index >= 15 is 0 Å². The minimum atomic E-state index is 0.385. The third-order valence-corrected chi connectivity index (χ3v) is 3.25. The second-order valence-electron chi connectivity index (χ2n) is 5.08. The van der Waals surface area contributed by atoms with Crippen LogP contribution in [-0.2, 0) is 4.74 Å². The lowest BCUT2D eigenvalue weighted by atomic mass is 9.96. The van der Waals surface area contributed by atoms with E-state index in [-0.39, 0.29) is 0 Å². The molecular formula is C16H27NO2. The van der Waals surface area contributed by atoms with Crippen molar-refractivity contribution < 1.29 is 9.47 Å². The molecule has 108 valence electrons. The lowest BCUT2D eigenvalue weighted by molar-refractivity contribution is 0.149. The number of hydrogen-bond donors (Lipinski definition) is 1. The van der Waals surface area contributed by atoms with Gasteiger partial charge in [-0.3, -0.25) is 0 Å². The van der Waals surface area contributed by atoms with Crippen LogP contribution in [-0.4, -0.2) is 27.4 Å². The van der Waals surface area contributed by atoms with Gasteiger partial charge in [0, 0.05) is 19.8 Å². The summed E-state index contributed by atoms with van der Waals surface area (Å²) in [5.74, 6) is 1.45. The maximum atomic E-state index is 5.23. The third kappa shape index (κ3) is 5.62. The Labute approximate surface area is 117 Å². The summed E-state index contributed by atoms with van der Waals surface area (Å²) in [6, 6.07) is 8.72. The Bertz CT molecular complexity index is 337. The van der Waals surface area contributed by atoms with Crippen LogP contribution >= 0.6 is 0 Å². The van der Waals surface area contributed by atoms with Gasteiger partial charge in [-0.15, -0.1) is 0 Å². The highest BCUT2D eigenvalue weighted by atomic mass is 16.5. The molecule has 3 nitrogen and oxygen atoms in total. The van der Waals surface area contributed by atoms with Crippen molar-refractivity contribution in [3.05, 3.63) is 29.8 Å². The van der Waals surface area contributed by atoms with Crippen LogP contribution in [0.4, 0.5) is 0 Å². The van der Waals surface area contributed by atoms with E-state index in [0.29, 0.717) is 12.0 Å². The number of benzene rings is 1. The summed E-state index contributed by atoms with van der Waals surface area (Å²) in [6.45, 7) is 6.27. The largest absolute Gasteiger partial charge is 0.497 e. The summed E-state index contributed by atoms with van der Waals surface area (Å²) in [5, 5.41) is 3.62. The molecule has 0 spiro atoms. The molecule has 0 saturated heterocycles. The molecule has 0 fully saturated rings. The Morgan fingerprint density at radius 2 is 1.84 bits per heavy atom. The molecule has 0 amide bonds. The van der Waals surface area contributed by atoms with Crippen LogP contribution in [0.1, 0.15) is 38.3 Å². The van der Waals surface area contributed by atoms with E-state index in [1.54, 1.807) is 14.2 Å². The molecule has 1 aromatic carbocycles. The van der Waals surface area contributed by atoms with Crippen molar-refractivity contribution in [3.8, 4) is 5.75 Å². The quantitative estimate of drug-likeness (QED) is 0.742. The highest BCUT2D eigenvalue weighted by Crippen LogP contribution is 2.23. The van der Waals surface area contributed by atoms with E-state index < -0.39 is 0 Å². The van der Waals surface area contributed by atoms with Crippen molar-refractivity contribution in [2.24, 2.45) is 5.92 Å². The Balaban J connectivity index is 2.70. The van der Waals surface area contributed by atoms with E-state index in [0.717, 1.165) is 31.7 Å². The first-order valence-electron chi connectivity index (χ1n) is 7.07. The minimum Gasteiger partial charge on any atom is -0.497 e. The molecule has 0 radical (unpaired) electrons. The minimum absolute atomic E-state index is 0.385. The fourth-order valence-electron chi connectivity index (χ4n) is 2.25. The Kier molecular flexibility index (Phi) is 7.53. The van der Waals surface area contributed by atoms with Gasteiger partial charge in [0.2, 0.25) is 0 Å². The molecule has 19 heavy (non-hydrogen) atoms. The molecule has 0 aliphatic rings. The average molecular weight is 265 g/mol. The van der Waals surface area contributed by atoms with Gasteiger partial charge in [0.05, 0.1) is 7.11 Å². The summed E-state index contributed by atoms with van der Waals surface area (Å²) >= 11 is 0. The van der Waals surface area contributed by atoms with Crippen LogP contribution in [0, 0.1) is 5.92 Å². The molecular weight excluding hydrogens is 238 g/mol. The number of rotatable bonds is 9. The first kappa shape index (κ1) is 16.0. The molecule has 0 heterocycles. The first-order valence-corrected chi connectivity index (χ1v) is 7.07. The number of methoxy groups -OCH3 is 2. The van der Waals surface area contributed by atoms with Gasteiger partial charge in [-0.1, -0.05) is 26.0 Å². The summed E-state index contributed by atoms with van der Waals surface area (Å²) in [6.07, 6.45) is 2.23. The molecule has 0 bridgehead atoms. The predicted octanol–water partition coefficient (Wildman–Crippen LogP) is 3.41. The van der Waals surface area contributed by atoms with Crippen molar-refractivity contribution in [1.82, 2.24) is 5.32 Å². The third-order valence-electron chi connectivity index (χ3n) is 3.25. The molecule has 3 heteroatoms. The Hall–Kier alpha value is -1.06. The zero-order valence-corrected chi connectivity index (χ0v) is 12.6. The van der Waals surface area contributed by atoms with Gasteiger partial charge in [-0.05, 0) is 43.0 Å². The SMILES string of the molecule is CCCNC(CC(C)COC)c1ccc(OC)cc1. The van der Waals surface area contributed by atoms with E-state index in [2.05, 4.69) is 31.3 Å². The normalized spacial score (nSPS) is 14.1. The van der Waals surface area contributed by atoms with Crippen molar-refractivity contribution in [1.29, 1.82) is 0 Å². The fraction of sp³-hybridized carbons (Fsp3) is 0.625. The fourth-order valence-corrected chi connectivity index (χ4v) is 2.25. The zero-order chi connectivity index (χ0) is 14.1. The lowest BCUT2D eigenvalue weighted by Gasteiger charge is -2.22. The lowest BCUT2D eigenvalue weighted by Crippen LogP contribution is -2.25. The molecule has 2 unspecified atom stereocenters. The van der Waals surface area contributed by atoms with Crippen LogP contribution in [0.15, 0.2) is 24.3 Å². The first-order chi connectivity index (χ1) is 9.21. The van der Waals surface area contributed by atoms with Gasteiger partial charge in [0.15, 0.2) is 0 Å². The van der Waals surface area contributed by atoms with E-state index in [9.17, 15) is 0 Å². The Morgan fingerprint density at radius 3 is 2.37 bits per heavy atom. The highest BCUT2D eigenvalue weighted by Gasteiger charge is 2.14. The van der Waals surface area contributed by atoms with Gasteiger partial charge >= 0.3 is 0 Å². The van der Waals surface area contributed by atoms with Crippen molar-refractivity contribution >= 4 is 0 Å². The molecule has 1 N–H and O–H groups in total. The smallest absolute Gasteiger partial charge is 0.118 e. The second-order valence-corrected chi connectivity index (χ2v) is 5.08. The van der Waals surface area contributed by atoms with Gasteiger partial charge in [-0.25, -0.2) is 0 Å². The number of nitrogens with one attached hydrogen (secondary N) is 1. The molecule has 0 aliphatic carbocycles. The van der Waals surface area contributed by atoms with Gasteiger partial charge in [0.1, 0.15) is 5.75 Å². The zero-order valence-electron chi connectivity index (χ0n) is 12.6. The van der Waals surface area contributed by atoms with Crippen LogP contribution in [0.25, 0.3) is 0 Å². The monoisotopic (exact) mass is 265 g/mol. The van der Waals surface area contributed by atoms with Crippen molar-refractivity contribution in [3.63, 3.8) is 0 Å². The number of hydrogen-bond acceptors (Lipinski definition) is 3. The predicted molar refractivity (Wildman–Crippen MR) is 79.7 cm³/mol. The summed E-state index contributed by atoms with van der Waals surface area (Å²) in [5.41, 5.74) is 1.32. The Morgan fingerprint density at radius 1 is 1.16 bits per heavy atom. The van der Waals surface area contributed by atoms with Gasteiger partial charge in [-0.2, -0.15) is 0 Å². The van der Waals surface area contributed by atoms with Crippen LogP contribution in [0.5, 0.6) is 5.75 Å². The summed E-state index contributed by atoms with van der Waals surface area (Å²) < 4.78 is 10.4. The molecule has 0 saturated carbocycles. The maximum absolute atomic E-state index is 5.23. The summed E-state index contributed by atoms with van der Waals surface area (Å²) in [7, 11) is 3.46. The molecule has 0 aliphatic heterocycles. The molecule has 1 rings (SSSR count). The van der Waals surface area contributed by atoms with E-state index in [4.69, 9.17) is 9.47 Å². The standard InChI is InChI=1S/C16H27NO2/c1-5-10-17-16(11-13(2)12-18-3)14-6-8-15(19-4)9-7-14/h6-9,13,16-17H,5,10-12H2,1-4H3. The van der Waals surface area contributed by atoms with Gasteiger partial charge < -0.3 is 14.8 Å². The van der Waals surface area contributed by atoms with E-state index in [1.807, 2.05) is 12.1 Å². The van der Waals surface area contributed by atoms with Crippen LogP contribution in [0.3, 0.4) is 0 Å². The van der Waals surface area contributed by atoms with Crippen LogP contribution in [0.2, 0.25) is 0 Å². The number of ether oxygens (including phenoxy) is 2. The van der Waals surface area contributed by atoms with Crippen LogP contribution < -0.4 is 10.1 Å². The average Bonchev–Trinajstić information content (AvgIpc) is 2.44. The van der Waals surface area contributed by atoms with Crippen molar-refractivity contribution in [2.75, 3.05) is 27.4 Å². The molecule has 1 aromatic rings. The second kappa shape index (κ2) is 8.94. The molecule has 2 atom stereocenters. The van der Waals surface area contributed by atoms with E-state index in [1.165, 1.54) is 5.56 Å². The summed E-state index contributed by atoms with van der Waals surface area (Å²) in [4.78, 5) is 0. The highest BCUT2D eigenvalue weighted by molar-refractivity contribution is 5.29. The van der Waals surface area contributed by atoms with Crippen molar-refractivity contribution in [2.45, 2.75) is 32.7 Å². The molecule has 0 aromatic heterocycles. The van der Waals surface area contributed by atoms with Gasteiger partial charge in [0.25, 0.3) is 0 Å². The topological polar surface area (TPSA) is 30.5 Å².